The van der Waals surface area contributed by atoms with E-state index in [0.717, 1.165) is 18.2 Å². The molecule has 2 unspecified atom stereocenters. The van der Waals surface area contributed by atoms with Crippen LogP contribution in [0.5, 0.6) is 0 Å². The summed E-state index contributed by atoms with van der Waals surface area (Å²) < 4.78 is 0. The van der Waals surface area contributed by atoms with Gasteiger partial charge < -0.3 is 5.32 Å². The second-order valence-corrected chi connectivity index (χ2v) is 6.09. The third-order valence-corrected chi connectivity index (χ3v) is 4.18. The van der Waals surface area contributed by atoms with Crippen LogP contribution in [0.1, 0.15) is 37.3 Å². The van der Waals surface area contributed by atoms with Crippen molar-refractivity contribution in [3.05, 3.63) is 35.4 Å². The quantitative estimate of drug-likeness (QED) is 0.831. The fraction of sp³-hybridized carbons (Fsp3) is 0.533. The Morgan fingerprint density at radius 3 is 2.78 bits per heavy atom. The highest BCUT2D eigenvalue weighted by Crippen LogP contribution is 2.35. The number of hydrogen-bond acceptors (Lipinski definition) is 1. The van der Waals surface area contributed by atoms with Crippen LogP contribution in [0.15, 0.2) is 24.3 Å². The Morgan fingerprint density at radius 1 is 1.44 bits per heavy atom. The monoisotopic (exact) mass is 309 g/mol. The third kappa shape index (κ3) is 2.77. The van der Waals surface area contributed by atoms with Crippen LogP contribution in [0, 0.1) is 5.92 Å². The molecule has 0 saturated carbocycles. The lowest BCUT2D eigenvalue weighted by Gasteiger charge is -2.31. The van der Waals surface area contributed by atoms with E-state index in [-0.39, 0.29) is 17.9 Å². The van der Waals surface area contributed by atoms with E-state index in [1.165, 1.54) is 11.1 Å². The molecule has 0 heterocycles. The van der Waals surface area contributed by atoms with Gasteiger partial charge in [-0.3, -0.25) is 4.79 Å². The molecular weight excluding hydrogens is 290 g/mol. The van der Waals surface area contributed by atoms with Crippen molar-refractivity contribution in [3.8, 4) is 0 Å². The molecule has 3 heteroatoms. The zero-order valence-electron chi connectivity index (χ0n) is 10.9. The molecule has 2 atom stereocenters. The second-order valence-electron chi connectivity index (χ2n) is 5.29. The van der Waals surface area contributed by atoms with E-state index < -0.39 is 0 Å². The van der Waals surface area contributed by atoms with Crippen LogP contribution in [-0.4, -0.2) is 17.3 Å². The first-order chi connectivity index (χ1) is 8.63. The standard InChI is InChI=1S/C15H20BrNO/c1-10(2)14(7-8-16)17-15(18)13-9-11-5-3-4-6-12(11)13/h3-6,10,13-14H,7-9H2,1-2H3,(H,17,18). The van der Waals surface area contributed by atoms with E-state index in [9.17, 15) is 4.79 Å². The Bertz CT molecular complexity index is 430. The largest absolute Gasteiger partial charge is 0.353 e. The van der Waals surface area contributed by atoms with Gasteiger partial charge in [0.05, 0.1) is 5.92 Å². The summed E-state index contributed by atoms with van der Waals surface area (Å²) in [5.74, 6) is 0.730. The second kappa shape index (κ2) is 5.87. The number of fused-ring (bicyclic) bond motifs is 1. The van der Waals surface area contributed by atoms with E-state index in [2.05, 4.69) is 47.2 Å². The maximum absolute atomic E-state index is 12.3. The third-order valence-electron chi connectivity index (χ3n) is 3.72. The van der Waals surface area contributed by atoms with Gasteiger partial charge in [-0.05, 0) is 29.9 Å². The molecule has 0 saturated heterocycles. The molecule has 98 valence electrons. The summed E-state index contributed by atoms with van der Waals surface area (Å²) in [6.07, 6.45) is 1.87. The topological polar surface area (TPSA) is 29.1 Å². The first kappa shape index (κ1) is 13.6. The number of hydrogen-bond donors (Lipinski definition) is 1. The summed E-state index contributed by atoms with van der Waals surface area (Å²) in [5, 5.41) is 4.12. The number of amides is 1. The number of benzene rings is 1. The number of carbonyl (C=O) groups excluding carboxylic acids is 1. The molecule has 18 heavy (non-hydrogen) atoms. The van der Waals surface area contributed by atoms with Crippen LogP contribution in [0.2, 0.25) is 0 Å². The molecule has 1 aliphatic carbocycles. The minimum atomic E-state index is 0.0674. The van der Waals surface area contributed by atoms with Crippen molar-refractivity contribution in [2.75, 3.05) is 5.33 Å². The average molecular weight is 310 g/mol. The van der Waals surface area contributed by atoms with E-state index in [4.69, 9.17) is 0 Å². The fourth-order valence-electron chi connectivity index (χ4n) is 2.47. The first-order valence-electron chi connectivity index (χ1n) is 6.57. The van der Waals surface area contributed by atoms with Gasteiger partial charge >= 0.3 is 0 Å². The minimum absolute atomic E-state index is 0.0674. The molecule has 1 N–H and O–H groups in total. The van der Waals surface area contributed by atoms with E-state index in [1.807, 2.05) is 12.1 Å². The maximum atomic E-state index is 12.3. The number of alkyl halides is 1. The van der Waals surface area contributed by atoms with Crippen molar-refractivity contribution in [3.63, 3.8) is 0 Å². The summed E-state index contributed by atoms with van der Waals surface area (Å²) in [7, 11) is 0. The van der Waals surface area contributed by atoms with E-state index in [1.54, 1.807) is 0 Å². The lowest BCUT2D eigenvalue weighted by molar-refractivity contribution is -0.124. The summed E-state index contributed by atoms with van der Waals surface area (Å²) in [5.41, 5.74) is 2.52. The van der Waals surface area contributed by atoms with Gasteiger partial charge in [0.25, 0.3) is 0 Å². The van der Waals surface area contributed by atoms with Crippen molar-refractivity contribution in [1.82, 2.24) is 5.32 Å². The van der Waals surface area contributed by atoms with E-state index in [0.29, 0.717) is 5.92 Å². The van der Waals surface area contributed by atoms with Crippen LogP contribution in [0.25, 0.3) is 0 Å². The van der Waals surface area contributed by atoms with Crippen molar-refractivity contribution < 1.29 is 4.79 Å². The normalized spacial score (nSPS) is 19.0. The SMILES string of the molecule is CC(C)C(CCBr)NC(=O)C1Cc2ccccc21. The number of rotatable bonds is 5. The molecule has 0 bridgehead atoms. The smallest absolute Gasteiger partial charge is 0.228 e. The maximum Gasteiger partial charge on any atom is 0.228 e. The summed E-state index contributed by atoms with van der Waals surface area (Å²) >= 11 is 3.45. The van der Waals surface area contributed by atoms with Gasteiger partial charge in [0.1, 0.15) is 0 Å². The summed E-state index contributed by atoms with van der Waals surface area (Å²) in [6, 6.07) is 8.49. The Balaban J connectivity index is 1.98. The Labute approximate surface area is 117 Å². The van der Waals surface area contributed by atoms with Crippen molar-refractivity contribution in [2.45, 2.75) is 38.6 Å². The zero-order valence-corrected chi connectivity index (χ0v) is 12.5. The molecule has 0 fully saturated rings. The highest BCUT2D eigenvalue weighted by molar-refractivity contribution is 9.09. The molecule has 1 aromatic carbocycles. The molecule has 0 aromatic heterocycles. The van der Waals surface area contributed by atoms with Gasteiger partial charge in [-0.25, -0.2) is 0 Å². The highest BCUT2D eigenvalue weighted by Gasteiger charge is 2.32. The molecular formula is C15H20BrNO. The average Bonchev–Trinajstić information content (AvgIpc) is 2.30. The van der Waals surface area contributed by atoms with Gasteiger partial charge in [-0.15, -0.1) is 0 Å². The van der Waals surface area contributed by atoms with Gasteiger partial charge in [0.2, 0.25) is 5.91 Å². The number of nitrogens with one attached hydrogen (secondary N) is 1. The molecule has 1 aliphatic rings. The Hall–Kier alpha value is -0.830. The fourth-order valence-corrected chi connectivity index (χ4v) is 2.96. The minimum Gasteiger partial charge on any atom is -0.353 e. The van der Waals surface area contributed by atoms with Crippen LogP contribution < -0.4 is 5.32 Å². The number of carbonyl (C=O) groups is 1. The molecule has 2 rings (SSSR count). The van der Waals surface area contributed by atoms with Crippen molar-refractivity contribution >= 4 is 21.8 Å². The molecule has 0 aliphatic heterocycles. The Kier molecular flexibility index (Phi) is 4.44. The van der Waals surface area contributed by atoms with Gasteiger partial charge in [-0.1, -0.05) is 54.0 Å². The molecule has 0 spiro atoms. The molecule has 1 aromatic rings. The van der Waals surface area contributed by atoms with Crippen molar-refractivity contribution in [2.24, 2.45) is 5.92 Å². The summed E-state index contributed by atoms with van der Waals surface area (Å²) in [4.78, 5) is 12.3. The molecule has 0 radical (unpaired) electrons. The molecule has 1 amide bonds. The lowest BCUT2D eigenvalue weighted by atomic mass is 9.77. The lowest BCUT2D eigenvalue weighted by Crippen LogP contribution is -2.43. The number of halogens is 1. The zero-order chi connectivity index (χ0) is 13.1. The predicted octanol–water partition coefficient (Wildman–Crippen LogP) is 3.25. The van der Waals surface area contributed by atoms with Gasteiger partial charge in [-0.2, -0.15) is 0 Å². The predicted molar refractivity (Wildman–Crippen MR) is 78.1 cm³/mol. The van der Waals surface area contributed by atoms with Gasteiger partial charge in [0, 0.05) is 11.4 Å². The first-order valence-corrected chi connectivity index (χ1v) is 7.69. The van der Waals surface area contributed by atoms with Crippen molar-refractivity contribution in [1.29, 1.82) is 0 Å². The van der Waals surface area contributed by atoms with Crippen LogP contribution in [0.3, 0.4) is 0 Å². The molecule has 2 nitrogen and oxygen atoms in total. The van der Waals surface area contributed by atoms with Crippen LogP contribution in [-0.2, 0) is 11.2 Å². The van der Waals surface area contributed by atoms with Gasteiger partial charge in [0.15, 0.2) is 0 Å². The van der Waals surface area contributed by atoms with E-state index >= 15 is 0 Å². The highest BCUT2D eigenvalue weighted by atomic mass is 79.9. The van der Waals surface area contributed by atoms with Crippen LogP contribution >= 0.6 is 15.9 Å². The summed E-state index contributed by atoms with van der Waals surface area (Å²) in [6.45, 7) is 4.31. The van der Waals surface area contributed by atoms with Crippen LogP contribution in [0.4, 0.5) is 0 Å². The Morgan fingerprint density at radius 2 is 2.17 bits per heavy atom.